The van der Waals surface area contributed by atoms with Crippen LogP contribution in [0.2, 0.25) is 0 Å². The molecule has 1 saturated heterocycles. The van der Waals surface area contributed by atoms with Gasteiger partial charge in [0, 0.05) is 12.6 Å². The van der Waals surface area contributed by atoms with Crippen molar-refractivity contribution in [2.75, 3.05) is 6.54 Å². The summed E-state index contributed by atoms with van der Waals surface area (Å²) in [5.74, 6) is 0. The molecule has 7 heteroatoms. The molecule has 1 aliphatic heterocycles. The Bertz CT molecular complexity index is 558. The van der Waals surface area contributed by atoms with Gasteiger partial charge in [-0.05, 0) is 43.9 Å². The predicted octanol–water partition coefficient (Wildman–Crippen LogP) is 4.77. The normalized spacial score (nSPS) is 22.5. The van der Waals surface area contributed by atoms with E-state index in [1.165, 1.54) is 24.3 Å². The van der Waals surface area contributed by atoms with E-state index >= 15 is 0 Å². The molecule has 0 saturated carbocycles. The Morgan fingerprint density at radius 2 is 1.76 bits per heavy atom. The maximum absolute atomic E-state index is 12.8. The van der Waals surface area contributed by atoms with Gasteiger partial charge in [0.2, 0.25) is 0 Å². The van der Waals surface area contributed by atoms with Gasteiger partial charge in [0.1, 0.15) is 11.0 Å². The highest BCUT2D eigenvalue weighted by Crippen LogP contribution is 2.38. The molecule has 1 fully saturated rings. The van der Waals surface area contributed by atoms with Crippen molar-refractivity contribution in [2.24, 2.45) is 0 Å². The lowest BCUT2D eigenvalue weighted by Crippen LogP contribution is -2.40. The first-order chi connectivity index (χ1) is 11.7. The first kappa shape index (κ1) is 22.1. The third-order valence-corrected chi connectivity index (χ3v) is 6.01. The highest BCUT2D eigenvalue weighted by molar-refractivity contribution is 7.82. The number of aliphatic hydroxyl groups is 1. The Labute approximate surface area is 150 Å². The summed E-state index contributed by atoms with van der Waals surface area (Å²) in [6.45, 7) is 7.49. The van der Waals surface area contributed by atoms with Crippen molar-refractivity contribution in [1.29, 1.82) is 0 Å². The summed E-state index contributed by atoms with van der Waals surface area (Å²) < 4.78 is 53.1. The van der Waals surface area contributed by atoms with Crippen molar-refractivity contribution >= 4 is 11.0 Å². The highest BCUT2D eigenvalue weighted by atomic mass is 32.2. The third kappa shape index (κ3) is 5.05. The average Bonchev–Trinajstić information content (AvgIpc) is 2.62. The minimum Gasteiger partial charge on any atom is -0.376 e. The fourth-order valence-corrected chi connectivity index (χ4v) is 4.26. The van der Waals surface area contributed by atoms with E-state index < -0.39 is 22.8 Å². The number of nitrogens with zero attached hydrogens (tertiary/aromatic N) is 1. The standard InChI is InChI=1S/C16H22F3NO2S.C2H6/c1-3-13-6-4-5-11-20(13)23(22)14-9-7-12(8-10-14)15(2,21)16(17,18)19;1-2/h7-10,13,21H,3-6,11H2,1-2H3;1-2H3. The van der Waals surface area contributed by atoms with Gasteiger partial charge in [-0.1, -0.05) is 39.3 Å². The SMILES string of the molecule is CC.CCC1CCCCN1S(=O)c1ccc(C(C)(O)C(F)(F)F)cc1. The molecule has 1 aromatic rings. The number of hydrogen-bond acceptors (Lipinski definition) is 2. The van der Waals surface area contributed by atoms with Gasteiger partial charge in [-0.25, -0.2) is 8.51 Å². The molecule has 2 rings (SSSR count). The molecule has 3 unspecified atom stereocenters. The molecule has 0 aromatic heterocycles. The molecule has 0 bridgehead atoms. The fourth-order valence-electron chi connectivity index (χ4n) is 2.80. The summed E-state index contributed by atoms with van der Waals surface area (Å²) in [7, 11) is -1.39. The van der Waals surface area contributed by atoms with Crippen molar-refractivity contribution in [1.82, 2.24) is 4.31 Å². The highest BCUT2D eigenvalue weighted by Gasteiger charge is 2.51. The molecule has 0 spiro atoms. The summed E-state index contributed by atoms with van der Waals surface area (Å²) in [6, 6.07) is 5.46. The van der Waals surface area contributed by atoms with Crippen LogP contribution >= 0.6 is 0 Å². The lowest BCUT2D eigenvalue weighted by molar-refractivity contribution is -0.258. The predicted molar refractivity (Wildman–Crippen MR) is 94.5 cm³/mol. The Hall–Kier alpha value is -0.920. The van der Waals surface area contributed by atoms with Gasteiger partial charge in [0.25, 0.3) is 0 Å². The molecule has 25 heavy (non-hydrogen) atoms. The Balaban J connectivity index is 0.00000151. The number of piperidine rings is 1. The number of hydrogen-bond donors (Lipinski definition) is 1. The second-order valence-electron chi connectivity index (χ2n) is 6.04. The van der Waals surface area contributed by atoms with Gasteiger partial charge >= 0.3 is 6.18 Å². The maximum Gasteiger partial charge on any atom is 0.421 e. The summed E-state index contributed by atoms with van der Waals surface area (Å²) in [5, 5.41) is 9.67. The molecule has 144 valence electrons. The van der Waals surface area contributed by atoms with Gasteiger partial charge in [0.15, 0.2) is 5.60 Å². The maximum atomic E-state index is 12.8. The van der Waals surface area contributed by atoms with E-state index in [9.17, 15) is 22.5 Å². The lowest BCUT2D eigenvalue weighted by Gasteiger charge is -2.33. The van der Waals surface area contributed by atoms with Crippen LogP contribution in [-0.2, 0) is 16.6 Å². The van der Waals surface area contributed by atoms with Gasteiger partial charge in [-0.3, -0.25) is 0 Å². The van der Waals surface area contributed by atoms with Crippen LogP contribution in [0, 0.1) is 0 Å². The van der Waals surface area contributed by atoms with Gasteiger partial charge < -0.3 is 5.11 Å². The number of halogens is 3. The fraction of sp³-hybridized carbons (Fsp3) is 0.667. The number of benzene rings is 1. The average molecular weight is 379 g/mol. The topological polar surface area (TPSA) is 40.5 Å². The van der Waals surface area contributed by atoms with E-state index in [2.05, 4.69) is 0 Å². The second kappa shape index (κ2) is 9.14. The third-order valence-electron chi connectivity index (χ3n) is 4.43. The summed E-state index contributed by atoms with van der Waals surface area (Å²) >= 11 is 0. The van der Waals surface area contributed by atoms with Crippen molar-refractivity contribution in [3.8, 4) is 0 Å². The van der Waals surface area contributed by atoms with Crippen LogP contribution in [0.1, 0.15) is 58.9 Å². The molecular formula is C18H28F3NO2S. The van der Waals surface area contributed by atoms with E-state index in [-0.39, 0.29) is 11.6 Å². The minimum atomic E-state index is -4.76. The molecule has 1 N–H and O–H groups in total. The molecule has 1 aliphatic rings. The quantitative estimate of drug-likeness (QED) is 0.819. The molecule has 0 amide bonds. The molecule has 0 radical (unpaired) electrons. The van der Waals surface area contributed by atoms with Crippen molar-refractivity contribution in [2.45, 2.75) is 76.1 Å². The van der Waals surface area contributed by atoms with Crippen LogP contribution in [-0.4, -0.2) is 32.4 Å². The van der Waals surface area contributed by atoms with Crippen LogP contribution in [0.25, 0.3) is 0 Å². The monoisotopic (exact) mass is 379 g/mol. The van der Waals surface area contributed by atoms with Crippen molar-refractivity contribution in [3.05, 3.63) is 29.8 Å². The Morgan fingerprint density at radius 1 is 1.20 bits per heavy atom. The second-order valence-corrected chi connectivity index (χ2v) is 7.48. The van der Waals surface area contributed by atoms with Crippen LogP contribution in [0.5, 0.6) is 0 Å². The lowest BCUT2D eigenvalue weighted by atomic mass is 9.96. The van der Waals surface area contributed by atoms with Crippen LogP contribution in [0.3, 0.4) is 0 Å². The van der Waals surface area contributed by atoms with Gasteiger partial charge in [0.05, 0.1) is 4.90 Å². The zero-order valence-electron chi connectivity index (χ0n) is 15.3. The Kier molecular flexibility index (Phi) is 8.09. The number of alkyl halides is 3. The zero-order valence-corrected chi connectivity index (χ0v) is 16.1. The summed E-state index contributed by atoms with van der Waals surface area (Å²) in [6.07, 6.45) is -0.785. The molecule has 3 nitrogen and oxygen atoms in total. The van der Waals surface area contributed by atoms with Crippen molar-refractivity contribution < 1.29 is 22.5 Å². The largest absolute Gasteiger partial charge is 0.421 e. The van der Waals surface area contributed by atoms with Crippen LogP contribution in [0.15, 0.2) is 29.2 Å². The molecule has 0 aliphatic carbocycles. The van der Waals surface area contributed by atoms with Gasteiger partial charge in [-0.15, -0.1) is 0 Å². The van der Waals surface area contributed by atoms with E-state index in [4.69, 9.17) is 0 Å². The molecular weight excluding hydrogens is 351 g/mol. The summed E-state index contributed by atoms with van der Waals surface area (Å²) in [5.41, 5.74) is -3.17. The minimum absolute atomic E-state index is 0.238. The molecule has 1 heterocycles. The summed E-state index contributed by atoms with van der Waals surface area (Å²) in [4.78, 5) is 0.465. The van der Waals surface area contributed by atoms with Crippen molar-refractivity contribution in [3.63, 3.8) is 0 Å². The molecule has 1 aromatic carbocycles. The number of rotatable bonds is 4. The Morgan fingerprint density at radius 3 is 2.24 bits per heavy atom. The molecule has 3 atom stereocenters. The first-order valence-electron chi connectivity index (χ1n) is 8.76. The first-order valence-corrected chi connectivity index (χ1v) is 9.87. The smallest absolute Gasteiger partial charge is 0.376 e. The van der Waals surface area contributed by atoms with E-state index in [0.717, 1.165) is 39.2 Å². The van der Waals surface area contributed by atoms with E-state index in [1.807, 2.05) is 25.1 Å². The van der Waals surface area contributed by atoms with Gasteiger partial charge in [-0.2, -0.15) is 13.2 Å². The van der Waals surface area contributed by atoms with E-state index in [0.29, 0.717) is 4.90 Å². The van der Waals surface area contributed by atoms with Crippen LogP contribution in [0.4, 0.5) is 13.2 Å². The zero-order chi connectivity index (χ0) is 19.3. The van der Waals surface area contributed by atoms with Crippen LogP contribution < -0.4 is 0 Å². The van der Waals surface area contributed by atoms with E-state index in [1.54, 1.807) is 0 Å².